The van der Waals surface area contributed by atoms with Gasteiger partial charge in [-0.1, -0.05) is 41.9 Å². The molecule has 1 saturated heterocycles. The smallest absolute Gasteiger partial charge is 0.260 e. The van der Waals surface area contributed by atoms with E-state index in [0.29, 0.717) is 29.3 Å². The summed E-state index contributed by atoms with van der Waals surface area (Å²) in [5, 5.41) is 8.97. The van der Waals surface area contributed by atoms with E-state index < -0.39 is 10.0 Å². The summed E-state index contributed by atoms with van der Waals surface area (Å²) in [6, 6.07) is 13.8. The van der Waals surface area contributed by atoms with Gasteiger partial charge in [0.25, 0.3) is 5.91 Å². The number of rotatable bonds is 6. The number of thioether (sulfide) groups is 1. The van der Waals surface area contributed by atoms with Crippen LogP contribution in [0.15, 0.2) is 58.3 Å². The molecule has 1 heterocycles. The molecule has 2 amide bonds. The number of sulfonamides is 1. The van der Waals surface area contributed by atoms with Gasteiger partial charge in [-0.2, -0.15) is 0 Å². The molecule has 1 aliphatic carbocycles. The Morgan fingerprint density at radius 1 is 1.20 bits per heavy atom. The SMILES string of the molecule is CN1C(=O)/C(=C\c2ccccc2Cl)SC2CCC(C(=O)NCCc3ccc(S(N)(=O)=O)cc3)CC21. The lowest BCUT2D eigenvalue weighted by molar-refractivity contribution is -0.131. The molecule has 3 N–H and O–H groups in total. The van der Waals surface area contributed by atoms with Crippen molar-refractivity contribution in [2.45, 2.75) is 41.9 Å². The Bertz CT molecular complexity index is 1250. The van der Waals surface area contributed by atoms with Crippen LogP contribution in [0.25, 0.3) is 6.08 Å². The van der Waals surface area contributed by atoms with E-state index in [1.807, 2.05) is 37.4 Å². The number of nitrogens with two attached hydrogens (primary N) is 1. The van der Waals surface area contributed by atoms with Crippen molar-refractivity contribution in [1.29, 1.82) is 0 Å². The Labute approximate surface area is 215 Å². The van der Waals surface area contributed by atoms with Crippen LogP contribution in [-0.2, 0) is 26.0 Å². The zero-order valence-corrected chi connectivity index (χ0v) is 21.7. The standard InChI is InChI=1S/C25H28ClN3O4S2/c1-29-21-14-18(24(30)28-13-12-16-6-9-19(10-7-16)35(27,32)33)8-11-22(21)34-23(25(29)31)15-17-4-2-3-5-20(17)26/h2-7,9-10,15,18,21-22H,8,11-14H2,1H3,(H,28,30)(H2,27,32,33)/b23-15+. The second kappa shape index (κ2) is 10.7. The fraction of sp³-hybridized carbons (Fsp3) is 0.360. The topological polar surface area (TPSA) is 110 Å². The zero-order valence-electron chi connectivity index (χ0n) is 19.3. The normalized spacial score (nSPS) is 23.7. The Kier molecular flexibility index (Phi) is 7.90. The monoisotopic (exact) mass is 533 g/mol. The molecule has 1 saturated carbocycles. The molecular weight excluding hydrogens is 506 g/mol. The predicted molar refractivity (Wildman–Crippen MR) is 139 cm³/mol. The van der Waals surface area contributed by atoms with E-state index in [4.69, 9.17) is 16.7 Å². The van der Waals surface area contributed by atoms with E-state index in [1.54, 1.807) is 28.8 Å². The van der Waals surface area contributed by atoms with Crippen LogP contribution in [0, 0.1) is 5.92 Å². The molecule has 10 heteroatoms. The maximum absolute atomic E-state index is 13.0. The van der Waals surface area contributed by atoms with Crippen LogP contribution in [0.5, 0.6) is 0 Å². The summed E-state index contributed by atoms with van der Waals surface area (Å²) in [5.41, 5.74) is 1.73. The second-order valence-corrected chi connectivity index (χ2v) is 12.2. The number of benzene rings is 2. The van der Waals surface area contributed by atoms with Gasteiger partial charge in [0.15, 0.2) is 0 Å². The zero-order chi connectivity index (χ0) is 25.2. The number of carbonyl (C=O) groups excluding carboxylic acids is 2. The lowest BCUT2D eigenvalue weighted by Gasteiger charge is -2.44. The lowest BCUT2D eigenvalue weighted by atomic mass is 9.83. The number of halogens is 1. The van der Waals surface area contributed by atoms with Gasteiger partial charge < -0.3 is 10.2 Å². The molecular formula is C25H28ClN3O4S2. The van der Waals surface area contributed by atoms with Gasteiger partial charge in [0, 0.05) is 35.8 Å². The van der Waals surface area contributed by atoms with Gasteiger partial charge in [0.1, 0.15) is 0 Å². The first-order chi connectivity index (χ1) is 16.6. The number of hydrogen-bond acceptors (Lipinski definition) is 5. The van der Waals surface area contributed by atoms with Crippen LogP contribution in [0.1, 0.15) is 30.4 Å². The third-order valence-corrected chi connectivity index (χ3v) is 9.26. The van der Waals surface area contributed by atoms with Crippen LogP contribution in [0.2, 0.25) is 5.02 Å². The van der Waals surface area contributed by atoms with Crippen LogP contribution < -0.4 is 10.5 Å². The van der Waals surface area contributed by atoms with Crippen molar-refractivity contribution in [1.82, 2.24) is 10.2 Å². The highest BCUT2D eigenvalue weighted by Gasteiger charge is 2.42. The van der Waals surface area contributed by atoms with E-state index in [2.05, 4.69) is 5.32 Å². The third kappa shape index (κ3) is 6.09. The molecule has 4 rings (SSSR count). The molecule has 2 aromatic rings. The summed E-state index contributed by atoms with van der Waals surface area (Å²) in [6.07, 6.45) is 4.69. The average Bonchev–Trinajstić information content (AvgIpc) is 2.83. The summed E-state index contributed by atoms with van der Waals surface area (Å²) in [6.45, 7) is 0.451. The number of nitrogens with one attached hydrogen (secondary N) is 1. The molecule has 3 unspecified atom stereocenters. The highest BCUT2D eigenvalue weighted by molar-refractivity contribution is 8.04. The summed E-state index contributed by atoms with van der Waals surface area (Å²) in [4.78, 5) is 28.4. The van der Waals surface area contributed by atoms with Gasteiger partial charge in [0.05, 0.1) is 9.80 Å². The number of likely N-dealkylation sites (N-methyl/N-ethyl adjacent to an activating group) is 1. The minimum absolute atomic E-state index is 0.00570. The molecule has 0 radical (unpaired) electrons. The fourth-order valence-corrected chi connectivity index (χ4v) is 6.77. The number of hydrogen-bond donors (Lipinski definition) is 2. The molecule has 2 aromatic carbocycles. The summed E-state index contributed by atoms with van der Waals surface area (Å²) in [5.74, 6) is -0.195. The highest BCUT2D eigenvalue weighted by atomic mass is 35.5. The van der Waals surface area contributed by atoms with E-state index in [9.17, 15) is 18.0 Å². The predicted octanol–water partition coefficient (Wildman–Crippen LogP) is 3.43. The summed E-state index contributed by atoms with van der Waals surface area (Å²) >= 11 is 7.86. The van der Waals surface area contributed by atoms with Gasteiger partial charge in [0.2, 0.25) is 15.9 Å². The first kappa shape index (κ1) is 25.8. The van der Waals surface area contributed by atoms with Crippen LogP contribution in [0.3, 0.4) is 0 Å². The minimum Gasteiger partial charge on any atom is -0.356 e. The first-order valence-corrected chi connectivity index (χ1v) is 14.2. The number of primary sulfonamides is 1. The lowest BCUT2D eigenvalue weighted by Crippen LogP contribution is -2.52. The van der Waals surface area contributed by atoms with Gasteiger partial charge in [-0.3, -0.25) is 9.59 Å². The minimum atomic E-state index is -3.72. The van der Waals surface area contributed by atoms with Gasteiger partial charge in [-0.05, 0) is 61.1 Å². The maximum Gasteiger partial charge on any atom is 0.260 e. The molecule has 35 heavy (non-hydrogen) atoms. The maximum atomic E-state index is 13.0. The first-order valence-electron chi connectivity index (χ1n) is 11.4. The van der Waals surface area contributed by atoms with Crippen LogP contribution in [0.4, 0.5) is 0 Å². The number of nitrogens with zero attached hydrogens (tertiary/aromatic N) is 1. The van der Waals surface area contributed by atoms with Gasteiger partial charge in [-0.15, -0.1) is 11.8 Å². The van der Waals surface area contributed by atoms with Crippen molar-refractivity contribution in [3.05, 3.63) is 69.6 Å². The number of fused-ring (bicyclic) bond motifs is 1. The van der Waals surface area contributed by atoms with Crippen LogP contribution >= 0.6 is 23.4 Å². The fourth-order valence-electron chi connectivity index (χ4n) is 4.59. The largest absolute Gasteiger partial charge is 0.356 e. The van der Waals surface area contributed by atoms with Crippen molar-refractivity contribution in [2.24, 2.45) is 11.1 Å². The molecule has 7 nitrogen and oxygen atoms in total. The van der Waals surface area contributed by atoms with Crippen molar-refractivity contribution in [2.75, 3.05) is 13.6 Å². The number of carbonyl (C=O) groups is 2. The summed E-state index contributed by atoms with van der Waals surface area (Å²) in [7, 11) is -1.91. The van der Waals surface area contributed by atoms with Crippen molar-refractivity contribution in [3.8, 4) is 0 Å². The van der Waals surface area contributed by atoms with E-state index in [1.165, 1.54) is 12.1 Å². The van der Waals surface area contributed by atoms with E-state index in [0.717, 1.165) is 24.0 Å². The van der Waals surface area contributed by atoms with Crippen LogP contribution in [-0.4, -0.2) is 50.0 Å². The quantitative estimate of drug-likeness (QED) is 0.553. The van der Waals surface area contributed by atoms with Gasteiger partial charge >= 0.3 is 0 Å². The Hall–Kier alpha value is -2.33. The highest BCUT2D eigenvalue weighted by Crippen LogP contribution is 2.43. The van der Waals surface area contributed by atoms with Crippen molar-refractivity contribution in [3.63, 3.8) is 0 Å². The molecule has 2 aliphatic rings. The second-order valence-electron chi connectivity index (χ2n) is 8.91. The molecule has 0 aromatic heterocycles. The van der Waals surface area contributed by atoms with E-state index >= 15 is 0 Å². The average molecular weight is 534 g/mol. The number of amides is 2. The molecule has 2 fully saturated rings. The van der Waals surface area contributed by atoms with Crippen molar-refractivity contribution >= 4 is 51.3 Å². The Morgan fingerprint density at radius 2 is 1.91 bits per heavy atom. The van der Waals surface area contributed by atoms with Crippen molar-refractivity contribution < 1.29 is 18.0 Å². The van der Waals surface area contributed by atoms with E-state index in [-0.39, 0.29) is 33.9 Å². The Morgan fingerprint density at radius 3 is 2.60 bits per heavy atom. The molecule has 3 atom stereocenters. The molecule has 1 aliphatic heterocycles. The van der Waals surface area contributed by atoms with Gasteiger partial charge in [-0.25, -0.2) is 13.6 Å². The molecule has 0 bridgehead atoms. The third-order valence-electron chi connectivity index (χ3n) is 6.59. The molecule has 0 spiro atoms. The summed E-state index contributed by atoms with van der Waals surface area (Å²) < 4.78 is 22.7. The molecule has 186 valence electrons. The Balaban J connectivity index is 1.32.